The first-order valence-electron chi connectivity index (χ1n) is 19.0. The number of aliphatic hydroxyl groups excluding tert-OH is 2. The number of carboxylic acids is 1. The van der Waals surface area contributed by atoms with Crippen molar-refractivity contribution in [1.29, 1.82) is 0 Å². The van der Waals surface area contributed by atoms with E-state index in [9.17, 15) is 58.5 Å². The van der Waals surface area contributed by atoms with Crippen LogP contribution >= 0.6 is 0 Å². The van der Waals surface area contributed by atoms with Gasteiger partial charge in [-0.25, -0.2) is 4.79 Å². The molecule has 0 rings (SSSR count). The molecule has 0 saturated heterocycles. The molecule has 15 N–H and O–H groups in total. The minimum atomic E-state index is -1.70. The van der Waals surface area contributed by atoms with Gasteiger partial charge in [-0.05, 0) is 36.5 Å². The summed E-state index contributed by atoms with van der Waals surface area (Å²) >= 11 is 0. The van der Waals surface area contributed by atoms with E-state index in [1.807, 2.05) is 0 Å². The fraction of sp³-hybridized carbons (Fsp3) is 0.750. The molecule has 0 fully saturated rings. The molecule has 0 spiro atoms. The number of aliphatic hydroxyl groups is 2. The number of nitrogens with one attached hydrogen (secondary N) is 6. The zero-order chi connectivity index (χ0) is 44.3. The average Bonchev–Trinajstić information content (AvgIpc) is 3.10. The van der Waals surface area contributed by atoms with Gasteiger partial charge in [-0.2, -0.15) is 0 Å². The van der Waals surface area contributed by atoms with Crippen LogP contribution in [0.2, 0.25) is 0 Å². The normalized spacial score (nSPS) is 16.1. The van der Waals surface area contributed by atoms with Crippen LogP contribution in [-0.4, -0.2) is 124 Å². The van der Waals surface area contributed by atoms with E-state index in [0.29, 0.717) is 6.42 Å². The summed E-state index contributed by atoms with van der Waals surface area (Å²) in [5.74, 6) is -9.96. The molecule has 57 heavy (non-hydrogen) atoms. The number of aliphatic carboxylic acids is 1. The van der Waals surface area contributed by atoms with Crippen LogP contribution in [0.1, 0.15) is 93.9 Å². The molecular weight excluding hydrogens is 750 g/mol. The second-order valence-electron chi connectivity index (χ2n) is 15.3. The van der Waals surface area contributed by atoms with Crippen molar-refractivity contribution in [2.24, 2.45) is 40.9 Å². The van der Waals surface area contributed by atoms with E-state index >= 15 is 0 Å². The van der Waals surface area contributed by atoms with Crippen molar-refractivity contribution in [2.45, 2.75) is 142 Å². The van der Waals surface area contributed by atoms with Crippen LogP contribution < -0.4 is 49.1 Å². The van der Waals surface area contributed by atoms with E-state index < -0.39 is 146 Å². The van der Waals surface area contributed by atoms with Gasteiger partial charge in [0.15, 0.2) is 0 Å². The molecule has 0 aromatic rings. The summed E-state index contributed by atoms with van der Waals surface area (Å²) in [6.07, 6.45) is -3.26. The molecule has 0 aromatic carbocycles. The number of nitrogens with two attached hydrogens (primary N) is 3. The summed E-state index contributed by atoms with van der Waals surface area (Å²) < 4.78 is 0. The average molecular weight is 816 g/mol. The summed E-state index contributed by atoms with van der Waals surface area (Å²) in [4.78, 5) is 114. The minimum Gasteiger partial charge on any atom is -0.480 e. The van der Waals surface area contributed by atoms with Crippen LogP contribution in [-0.2, 0) is 43.2 Å². The lowest BCUT2D eigenvalue weighted by Gasteiger charge is -2.30. The van der Waals surface area contributed by atoms with Gasteiger partial charge in [0, 0.05) is 6.42 Å². The van der Waals surface area contributed by atoms with Gasteiger partial charge in [-0.15, -0.1) is 0 Å². The standard InChI is InChI=1S/C36H65N9O12/c1-9-19(8)30(35(55)45-29(18(6)7)36(56)57)44-27(50)14-24(47)21(12-16(2)3)41-32(52)22(13-26(38)49)42-31(51)20(10-11-25(37)48)40-33(53)23(15-46)43-34(54)28(39)17(4)5/h16-24,28-30,46-47H,9-15,39H2,1-8H3,(H2,37,48)(H2,38,49)(H,40,53)(H,41,52)(H,42,51)(H,43,54)(H,44,50)(H,45,55)(H,56,57). The number of hydrogen-bond donors (Lipinski definition) is 12. The molecule has 9 atom stereocenters. The third-order valence-corrected chi connectivity index (χ3v) is 9.14. The van der Waals surface area contributed by atoms with Crippen LogP contribution in [0.4, 0.5) is 0 Å². The number of hydrogen-bond acceptors (Lipinski definition) is 12. The minimum absolute atomic E-state index is 0.0907. The quantitative estimate of drug-likeness (QED) is 0.0385. The Labute approximate surface area is 333 Å². The fourth-order valence-corrected chi connectivity index (χ4v) is 5.40. The molecule has 21 nitrogen and oxygen atoms in total. The lowest BCUT2D eigenvalue weighted by molar-refractivity contribution is -0.144. The number of rotatable bonds is 27. The van der Waals surface area contributed by atoms with Crippen molar-refractivity contribution in [3.8, 4) is 0 Å². The number of carboxylic acid groups (broad SMARTS) is 1. The van der Waals surface area contributed by atoms with E-state index in [-0.39, 0.29) is 18.3 Å². The summed E-state index contributed by atoms with van der Waals surface area (Å²) in [5.41, 5.74) is 16.4. The van der Waals surface area contributed by atoms with E-state index in [2.05, 4.69) is 31.9 Å². The van der Waals surface area contributed by atoms with Crippen LogP contribution in [0.15, 0.2) is 0 Å². The number of carbonyl (C=O) groups is 9. The molecule has 0 aliphatic carbocycles. The van der Waals surface area contributed by atoms with Gasteiger partial charge in [0.05, 0.1) is 37.6 Å². The van der Waals surface area contributed by atoms with Crippen LogP contribution in [0, 0.1) is 23.7 Å². The summed E-state index contributed by atoms with van der Waals surface area (Å²) in [6.45, 7) is 12.6. The van der Waals surface area contributed by atoms with Gasteiger partial charge >= 0.3 is 5.97 Å². The van der Waals surface area contributed by atoms with Gasteiger partial charge in [-0.1, -0.05) is 61.8 Å². The lowest BCUT2D eigenvalue weighted by Crippen LogP contribution is -2.60. The maximum atomic E-state index is 13.6. The topological polar surface area (TPSA) is 365 Å². The summed E-state index contributed by atoms with van der Waals surface area (Å²) in [6, 6.07) is -9.41. The third kappa shape index (κ3) is 19.2. The largest absolute Gasteiger partial charge is 0.480 e. The molecule has 0 heterocycles. The van der Waals surface area contributed by atoms with Crippen molar-refractivity contribution in [2.75, 3.05) is 6.61 Å². The predicted molar refractivity (Wildman–Crippen MR) is 206 cm³/mol. The lowest BCUT2D eigenvalue weighted by atomic mass is 9.94. The molecule has 0 radical (unpaired) electrons. The van der Waals surface area contributed by atoms with E-state index in [0.717, 1.165) is 0 Å². The van der Waals surface area contributed by atoms with Gasteiger partial charge in [0.2, 0.25) is 47.3 Å². The van der Waals surface area contributed by atoms with E-state index in [1.54, 1.807) is 55.4 Å². The smallest absolute Gasteiger partial charge is 0.326 e. The van der Waals surface area contributed by atoms with Crippen molar-refractivity contribution in [3.63, 3.8) is 0 Å². The predicted octanol–water partition coefficient (Wildman–Crippen LogP) is -3.40. The summed E-state index contributed by atoms with van der Waals surface area (Å²) in [5, 5.41) is 44.9. The monoisotopic (exact) mass is 815 g/mol. The number of amides is 8. The van der Waals surface area contributed by atoms with Crippen molar-refractivity contribution in [1.82, 2.24) is 31.9 Å². The van der Waals surface area contributed by atoms with Gasteiger partial charge in [0.25, 0.3) is 0 Å². The second kappa shape index (κ2) is 25.4. The van der Waals surface area contributed by atoms with E-state index in [1.165, 1.54) is 0 Å². The van der Waals surface area contributed by atoms with Gasteiger partial charge in [-0.3, -0.25) is 38.4 Å². The van der Waals surface area contributed by atoms with Crippen LogP contribution in [0.25, 0.3) is 0 Å². The Hall–Kier alpha value is -4.89. The molecule has 326 valence electrons. The number of carbonyl (C=O) groups excluding carboxylic acids is 8. The van der Waals surface area contributed by atoms with E-state index in [4.69, 9.17) is 17.2 Å². The Morgan fingerprint density at radius 1 is 0.614 bits per heavy atom. The Bertz CT molecular complexity index is 1410. The maximum absolute atomic E-state index is 13.6. The zero-order valence-corrected chi connectivity index (χ0v) is 34.1. The Kier molecular flexibility index (Phi) is 23.2. The SMILES string of the molecule is CCC(C)C(NC(=O)CC(O)C(CC(C)C)NC(=O)C(CC(N)=O)NC(=O)C(CCC(N)=O)NC(=O)C(CO)NC(=O)C(N)C(C)C)C(=O)NC(C(=O)O)C(C)C. The molecule has 9 unspecified atom stereocenters. The van der Waals surface area contributed by atoms with Crippen molar-refractivity contribution < 1.29 is 58.5 Å². The van der Waals surface area contributed by atoms with Crippen LogP contribution in [0.3, 0.4) is 0 Å². The summed E-state index contributed by atoms with van der Waals surface area (Å²) in [7, 11) is 0. The number of primary amides is 2. The maximum Gasteiger partial charge on any atom is 0.326 e. The van der Waals surface area contributed by atoms with Gasteiger partial charge in [0.1, 0.15) is 30.2 Å². The molecular formula is C36H65N9O12. The molecule has 8 amide bonds. The highest BCUT2D eigenvalue weighted by atomic mass is 16.4. The zero-order valence-electron chi connectivity index (χ0n) is 34.1. The fourth-order valence-electron chi connectivity index (χ4n) is 5.40. The Balaban J connectivity index is 6.21. The second-order valence-corrected chi connectivity index (χ2v) is 15.3. The third-order valence-electron chi connectivity index (χ3n) is 9.14. The molecule has 0 bridgehead atoms. The first-order chi connectivity index (χ1) is 26.4. The molecule has 0 aliphatic heterocycles. The van der Waals surface area contributed by atoms with Crippen molar-refractivity contribution >= 4 is 53.2 Å². The Morgan fingerprint density at radius 2 is 1.14 bits per heavy atom. The van der Waals surface area contributed by atoms with Crippen molar-refractivity contribution in [3.05, 3.63) is 0 Å². The highest BCUT2D eigenvalue weighted by molar-refractivity contribution is 5.96. The van der Waals surface area contributed by atoms with Crippen LogP contribution in [0.5, 0.6) is 0 Å². The Morgan fingerprint density at radius 3 is 1.60 bits per heavy atom. The molecule has 21 heteroatoms. The molecule has 0 saturated carbocycles. The molecule has 0 aliphatic rings. The first-order valence-corrected chi connectivity index (χ1v) is 19.0. The highest BCUT2D eigenvalue weighted by Gasteiger charge is 2.35. The molecule has 0 aromatic heterocycles. The highest BCUT2D eigenvalue weighted by Crippen LogP contribution is 2.15. The first kappa shape index (κ1) is 52.1. The van der Waals surface area contributed by atoms with Gasteiger partial charge < -0.3 is 64.4 Å².